The number of urea groups is 1. The molecule has 0 saturated heterocycles. The normalized spacial score (nSPS) is 19.8. The lowest BCUT2D eigenvalue weighted by Crippen LogP contribution is -2.49. The molecule has 0 radical (unpaired) electrons. The van der Waals surface area contributed by atoms with Gasteiger partial charge in [-0.3, -0.25) is 19.6 Å². The van der Waals surface area contributed by atoms with E-state index in [0.29, 0.717) is 22.7 Å². The summed E-state index contributed by atoms with van der Waals surface area (Å²) in [5, 5.41) is 10.7. The minimum Gasteiger partial charge on any atom is -0.350 e. The van der Waals surface area contributed by atoms with Crippen LogP contribution in [-0.2, 0) is 4.79 Å². The summed E-state index contributed by atoms with van der Waals surface area (Å²) in [6, 6.07) is -0.585. The van der Waals surface area contributed by atoms with Gasteiger partial charge in [0.25, 0.3) is 5.91 Å². The van der Waals surface area contributed by atoms with Crippen molar-refractivity contribution in [3.63, 3.8) is 0 Å². The van der Waals surface area contributed by atoms with E-state index in [1.165, 1.54) is 11.8 Å². The van der Waals surface area contributed by atoms with Crippen molar-refractivity contribution in [1.29, 1.82) is 0 Å². The lowest BCUT2D eigenvalue weighted by atomic mass is 10.2. The molecule has 0 bridgehead atoms. The lowest BCUT2D eigenvalue weighted by molar-refractivity contribution is -0.126. The first-order valence-electron chi connectivity index (χ1n) is 7.04. The van der Waals surface area contributed by atoms with Crippen LogP contribution in [-0.4, -0.2) is 57.0 Å². The van der Waals surface area contributed by atoms with Crippen LogP contribution in [0.2, 0.25) is 0 Å². The number of nitrogens with zero attached hydrogens (tertiary/aromatic N) is 3. The molecular weight excluding hydrogens is 318 g/mol. The molecule has 2 aliphatic heterocycles. The van der Waals surface area contributed by atoms with Gasteiger partial charge in [-0.25, -0.2) is 4.79 Å². The Bertz CT molecular complexity index is 732. The topological polar surface area (TPSA) is 108 Å². The standard InChI is InChI=1S/C14H15N5O3S/c1-7-10(8(2)18-17-7)12(20)15-4-5-19-13(21)11-9(3-6-23-11)16-14(19)22/h3,6,11H,4-5H2,1-2H3,(H,15,20)(H,17,18). The number of imide groups is 1. The van der Waals surface area contributed by atoms with Crippen molar-refractivity contribution in [2.75, 3.05) is 13.1 Å². The van der Waals surface area contributed by atoms with Gasteiger partial charge in [0.05, 0.1) is 17.0 Å². The number of carbonyl (C=O) groups is 3. The monoisotopic (exact) mass is 333 g/mol. The number of carbonyl (C=O) groups excluding carboxylic acids is 3. The van der Waals surface area contributed by atoms with Crippen molar-refractivity contribution < 1.29 is 14.4 Å². The lowest BCUT2D eigenvalue weighted by Gasteiger charge is -2.25. The molecule has 0 spiro atoms. The third-order valence-electron chi connectivity index (χ3n) is 3.64. The summed E-state index contributed by atoms with van der Waals surface area (Å²) in [4.78, 5) is 41.3. The second kappa shape index (κ2) is 5.99. The van der Waals surface area contributed by atoms with Crippen molar-refractivity contribution in [2.24, 2.45) is 4.99 Å². The van der Waals surface area contributed by atoms with Crippen LogP contribution in [0.3, 0.4) is 0 Å². The molecule has 120 valence electrons. The molecule has 9 heteroatoms. The molecule has 0 fully saturated rings. The van der Waals surface area contributed by atoms with Crippen LogP contribution in [0.1, 0.15) is 21.7 Å². The fourth-order valence-corrected chi connectivity index (χ4v) is 3.38. The number of aromatic amines is 1. The highest BCUT2D eigenvalue weighted by molar-refractivity contribution is 8.04. The Morgan fingerprint density at radius 1 is 1.43 bits per heavy atom. The first-order chi connectivity index (χ1) is 11.0. The number of aromatic nitrogens is 2. The van der Waals surface area contributed by atoms with Gasteiger partial charge in [0.1, 0.15) is 5.25 Å². The Kier molecular flexibility index (Phi) is 4.03. The predicted molar refractivity (Wildman–Crippen MR) is 85.5 cm³/mol. The highest BCUT2D eigenvalue weighted by Gasteiger charge is 2.38. The number of allylic oxidation sites excluding steroid dienone is 1. The van der Waals surface area contributed by atoms with E-state index in [2.05, 4.69) is 20.5 Å². The number of thioether (sulfide) groups is 1. The quantitative estimate of drug-likeness (QED) is 0.847. The summed E-state index contributed by atoms with van der Waals surface area (Å²) in [5.74, 6) is -0.577. The van der Waals surface area contributed by atoms with Crippen LogP contribution in [0.15, 0.2) is 16.5 Å². The fourth-order valence-electron chi connectivity index (χ4n) is 2.49. The summed E-state index contributed by atoms with van der Waals surface area (Å²) < 4.78 is 0. The summed E-state index contributed by atoms with van der Waals surface area (Å²) >= 11 is 1.33. The van der Waals surface area contributed by atoms with Crippen molar-refractivity contribution >= 4 is 35.3 Å². The number of H-pyrrole nitrogens is 1. The number of hydrogen-bond acceptors (Lipinski definition) is 5. The van der Waals surface area contributed by atoms with Crippen molar-refractivity contribution in [3.8, 4) is 0 Å². The molecule has 2 aliphatic rings. The van der Waals surface area contributed by atoms with Gasteiger partial charge >= 0.3 is 6.03 Å². The van der Waals surface area contributed by atoms with E-state index < -0.39 is 11.3 Å². The Morgan fingerprint density at radius 2 is 2.22 bits per heavy atom. The maximum atomic E-state index is 12.3. The van der Waals surface area contributed by atoms with E-state index in [0.717, 1.165) is 4.90 Å². The average molecular weight is 333 g/mol. The number of nitrogens with one attached hydrogen (secondary N) is 2. The number of hydrogen-bond donors (Lipinski definition) is 2. The summed E-state index contributed by atoms with van der Waals surface area (Å²) in [7, 11) is 0. The summed E-state index contributed by atoms with van der Waals surface area (Å²) in [6.45, 7) is 3.74. The SMILES string of the molecule is Cc1n[nH]c(C)c1C(=O)NCCN1C(=O)N=C2C=CSC2C1=O. The number of fused-ring (bicyclic) bond motifs is 1. The van der Waals surface area contributed by atoms with Gasteiger partial charge in [-0.2, -0.15) is 10.1 Å². The zero-order valence-electron chi connectivity index (χ0n) is 12.6. The van der Waals surface area contributed by atoms with Crippen molar-refractivity contribution in [1.82, 2.24) is 20.4 Å². The van der Waals surface area contributed by atoms with Crippen molar-refractivity contribution in [3.05, 3.63) is 28.4 Å². The Hall–Kier alpha value is -2.42. The third kappa shape index (κ3) is 2.79. The smallest absolute Gasteiger partial charge is 0.350 e. The van der Waals surface area contributed by atoms with Gasteiger partial charge in [0.15, 0.2) is 0 Å². The maximum Gasteiger partial charge on any atom is 0.350 e. The molecule has 1 atom stereocenters. The number of rotatable bonds is 4. The second-order valence-electron chi connectivity index (χ2n) is 5.19. The van der Waals surface area contributed by atoms with E-state index in [-0.39, 0.29) is 24.9 Å². The minimum absolute atomic E-state index is 0.0905. The zero-order chi connectivity index (χ0) is 16.6. The number of amides is 4. The molecule has 1 aromatic heterocycles. The third-order valence-corrected chi connectivity index (χ3v) is 4.65. The van der Waals surface area contributed by atoms with Gasteiger partial charge in [-0.05, 0) is 25.3 Å². The summed E-state index contributed by atoms with van der Waals surface area (Å²) in [5.41, 5.74) is 2.26. The number of aryl methyl sites for hydroxylation is 2. The molecule has 0 saturated carbocycles. The highest BCUT2D eigenvalue weighted by atomic mass is 32.2. The molecule has 3 heterocycles. The fraction of sp³-hybridized carbons (Fsp3) is 0.357. The van der Waals surface area contributed by atoms with E-state index in [4.69, 9.17) is 0 Å². The van der Waals surface area contributed by atoms with Crippen LogP contribution in [0.25, 0.3) is 0 Å². The molecule has 23 heavy (non-hydrogen) atoms. The molecule has 1 unspecified atom stereocenters. The largest absolute Gasteiger partial charge is 0.350 e. The molecule has 1 aromatic rings. The van der Waals surface area contributed by atoms with Gasteiger partial charge in [-0.15, -0.1) is 11.8 Å². The van der Waals surface area contributed by atoms with Gasteiger partial charge in [0, 0.05) is 18.8 Å². The van der Waals surface area contributed by atoms with Gasteiger partial charge < -0.3 is 5.32 Å². The molecule has 0 aliphatic carbocycles. The average Bonchev–Trinajstić information content (AvgIpc) is 3.09. The van der Waals surface area contributed by atoms with Crippen LogP contribution in [0, 0.1) is 13.8 Å². The van der Waals surface area contributed by atoms with Crippen LogP contribution in [0.5, 0.6) is 0 Å². The molecule has 0 aromatic carbocycles. The Morgan fingerprint density at radius 3 is 2.91 bits per heavy atom. The van der Waals surface area contributed by atoms with Crippen molar-refractivity contribution in [2.45, 2.75) is 19.1 Å². The Labute approximate surface area is 136 Å². The van der Waals surface area contributed by atoms with Crippen LogP contribution >= 0.6 is 11.8 Å². The number of aliphatic imine (C=N–C) groups is 1. The Balaban J connectivity index is 1.60. The maximum absolute atomic E-state index is 12.3. The minimum atomic E-state index is -0.585. The van der Waals surface area contributed by atoms with E-state index in [9.17, 15) is 14.4 Å². The first kappa shape index (κ1) is 15.5. The molecule has 2 N–H and O–H groups in total. The van der Waals surface area contributed by atoms with Gasteiger partial charge in [0.2, 0.25) is 5.91 Å². The zero-order valence-corrected chi connectivity index (χ0v) is 13.4. The predicted octanol–water partition coefficient (Wildman–Crippen LogP) is 0.789. The molecule has 3 rings (SSSR count). The highest BCUT2D eigenvalue weighted by Crippen LogP contribution is 2.27. The van der Waals surface area contributed by atoms with Crippen LogP contribution < -0.4 is 5.32 Å². The molecule has 4 amide bonds. The van der Waals surface area contributed by atoms with E-state index >= 15 is 0 Å². The van der Waals surface area contributed by atoms with Crippen LogP contribution in [0.4, 0.5) is 4.79 Å². The molecular formula is C14H15N5O3S. The summed E-state index contributed by atoms with van der Waals surface area (Å²) in [6.07, 6.45) is 1.68. The van der Waals surface area contributed by atoms with E-state index in [1.54, 1.807) is 25.3 Å². The van der Waals surface area contributed by atoms with E-state index in [1.807, 2.05) is 0 Å². The van der Waals surface area contributed by atoms with Gasteiger partial charge in [-0.1, -0.05) is 0 Å². The first-order valence-corrected chi connectivity index (χ1v) is 7.99. The molecule has 8 nitrogen and oxygen atoms in total. The second-order valence-corrected chi connectivity index (χ2v) is 6.21.